The minimum atomic E-state index is -3.80. The number of halogens is 3. The van der Waals surface area contributed by atoms with Crippen LogP contribution in [0.5, 0.6) is 0 Å². The summed E-state index contributed by atoms with van der Waals surface area (Å²) in [5, 5.41) is 3.62. The summed E-state index contributed by atoms with van der Waals surface area (Å²) < 4.78 is 26.9. The summed E-state index contributed by atoms with van der Waals surface area (Å²) in [6.45, 7) is 3.73. The Hall–Kier alpha value is -1.81. The van der Waals surface area contributed by atoms with Crippen LogP contribution in [0.1, 0.15) is 32.3 Å². The third kappa shape index (κ3) is 7.86. The van der Waals surface area contributed by atoms with Crippen LogP contribution in [0.3, 0.4) is 0 Å². The Balaban J connectivity index is 2.46. The molecule has 0 heterocycles. The zero-order valence-electron chi connectivity index (χ0n) is 19.2. The number of amides is 2. The summed E-state index contributed by atoms with van der Waals surface area (Å²) in [5.74, 6) is -0.842. The number of anilines is 1. The number of rotatable bonds is 11. The third-order valence-electron chi connectivity index (χ3n) is 5.07. The molecule has 0 fully saturated rings. The molecule has 0 aliphatic carbocycles. The van der Waals surface area contributed by atoms with Gasteiger partial charge in [-0.2, -0.15) is 0 Å². The second-order valence-electron chi connectivity index (χ2n) is 7.72. The van der Waals surface area contributed by atoms with Crippen LogP contribution in [-0.2, 0) is 26.2 Å². The lowest BCUT2D eigenvalue weighted by Gasteiger charge is -2.33. The number of hydrogen-bond donors (Lipinski definition) is 1. The van der Waals surface area contributed by atoms with E-state index in [1.807, 2.05) is 6.92 Å². The smallest absolute Gasteiger partial charge is 0.244 e. The van der Waals surface area contributed by atoms with Gasteiger partial charge in [0.05, 0.1) is 11.9 Å². The highest BCUT2D eigenvalue weighted by molar-refractivity contribution is 9.10. The lowest BCUT2D eigenvalue weighted by atomic mass is 10.1. The van der Waals surface area contributed by atoms with Gasteiger partial charge in [-0.05, 0) is 48.7 Å². The molecule has 0 aliphatic rings. The molecule has 7 nitrogen and oxygen atoms in total. The molecule has 2 aromatic rings. The van der Waals surface area contributed by atoms with Gasteiger partial charge in [-0.15, -0.1) is 0 Å². The maximum Gasteiger partial charge on any atom is 0.244 e. The van der Waals surface area contributed by atoms with Crippen LogP contribution in [0, 0.1) is 0 Å². The molecule has 0 unspecified atom stereocenters. The molecule has 2 rings (SSSR count). The Morgan fingerprint density at radius 3 is 2.38 bits per heavy atom. The van der Waals surface area contributed by atoms with E-state index in [1.54, 1.807) is 49.4 Å². The Morgan fingerprint density at radius 2 is 1.82 bits per heavy atom. The Bertz CT molecular complexity index is 1130. The highest BCUT2D eigenvalue weighted by Gasteiger charge is 2.32. The van der Waals surface area contributed by atoms with Crippen molar-refractivity contribution in [1.82, 2.24) is 10.2 Å². The van der Waals surface area contributed by atoms with Crippen molar-refractivity contribution < 1.29 is 18.0 Å². The van der Waals surface area contributed by atoms with Gasteiger partial charge in [-0.3, -0.25) is 13.9 Å². The van der Waals surface area contributed by atoms with Crippen LogP contribution in [0.4, 0.5) is 5.69 Å². The lowest BCUT2D eigenvalue weighted by molar-refractivity contribution is -0.140. The summed E-state index contributed by atoms with van der Waals surface area (Å²) in [6, 6.07) is 10.7. The molecular weight excluding hydrogens is 565 g/mol. The predicted molar refractivity (Wildman–Crippen MR) is 141 cm³/mol. The van der Waals surface area contributed by atoms with E-state index < -0.39 is 28.5 Å². The number of nitrogens with zero attached hydrogens (tertiary/aromatic N) is 2. The van der Waals surface area contributed by atoms with Crippen molar-refractivity contribution in [3.63, 3.8) is 0 Å². The molecule has 186 valence electrons. The van der Waals surface area contributed by atoms with Gasteiger partial charge in [0, 0.05) is 27.6 Å². The van der Waals surface area contributed by atoms with Crippen LogP contribution < -0.4 is 9.62 Å². The van der Waals surface area contributed by atoms with E-state index in [0.717, 1.165) is 17.0 Å². The fourth-order valence-electron chi connectivity index (χ4n) is 3.36. The highest BCUT2D eigenvalue weighted by Crippen LogP contribution is 2.26. The molecule has 2 aromatic carbocycles. The average molecular weight is 593 g/mol. The fraction of sp³-hybridized carbons (Fsp3) is 0.391. The third-order valence-corrected chi connectivity index (χ3v) is 7.29. The first-order valence-corrected chi connectivity index (χ1v) is 14.1. The number of benzene rings is 2. The molecule has 0 spiro atoms. The van der Waals surface area contributed by atoms with Gasteiger partial charge in [0.1, 0.15) is 12.6 Å². The minimum absolute atomic E-state index is 0.0168. The van der Waals surface area contributed by atoms with Crippen molar-refractivity contribution in [3.05, 3.63) is 62.5 Å². The topological polar surface area (TPSA) is 86.8 Å². The summed E-state index contributed by atoms with van der Waals surface area (Å²) >= 11 is 15.7. The maximum atomic E-state index is 13.6. The number of carbonyl (C=O) groups excluding carboxylic acids is 2. The number of hydrogen-bond acceptors (Lipinski definition) is 4. The molecule has 0 bridgehead atoms. The second-order valence-corrected chi connectivity index (χ2v) is 11.4. The van der Waals surface area contributed by atoms with Crippen LogP contribution in [0.15, 0.2) is 46.9 Å². The Labute approximate surface area is 219 Å². The number of nitrogens with one attached hydrogen (secondary N) is 1. The van der Waals surface area contributed by atoms with Gasteiger partial charge >= 0.3 is 0 Å². The van der Waals surface area contributed by atoms with Crippen LogP contribution in [0.25, 0.3) is 0 Å². The maximum absolute atomic E-state index is 13.6. The molecule has 0 radical (unpaired) electrons. The van der Waals surface area contributed by atoms with Crippen molar-refractivity contribution in [2.45, 2.75) is 39.3 Å². The molecular formula is C23H28BrCl2N3O4S. The van der Waals surface area contributed by atoms with E-state index in [1.165, 1.54) is 4.90 Å². The van der Waals surface area contributed by atoms with E-state index in [-0.39, 0.29) is 12.5 Å². The van der Waals surface area contributed by atoms with Gasteiger partial charge in [-0.25, -0.2) is 8.42 Å². The molecule has 0 aromatic heterocycles. The van der Waals surface area contributed by atoms with E-state index in [4.69, 9.17) is 23.2 Å². The van der Waals surface area contributed by atoms with Gasteiger partial charge < -0.3 is 10.2 Å². The summed E-state index contributed by atoms with van der Waals surface area (Å²) in [5.41, 5.74) is 0.924. The van der Waals surface area contributed by atoms with E-state index >= 15 is 0 Å². The highest BCUT2D eigenvalue weighted by atomic mass is 79.9. The fourth-order valence-corrected chi connectivity index (χ4v) is 5.06. The van der Waals surface area contributed by atoms with Crippen molar-refractivity contribution in [2.24, 2.45) is 0 Å². The standard InChI is InChI=1S/C23H28BrCl2N3O4S/c1-4-11-27-23(31)21(5-2)28(14-16-9-10-18(25)13-20(16)26)22(30)15-29(34(3,32)33)19-8-6-7-17(24)12-19/h6-10,12-13,21H,4-5,11,14-15H2,1-3H3,(H,27,31)/t21-/m1/s1. The molecule has 0 saturated heterocycles. The van der Waals surface area contributed by atoms with Crippen molar-refractivity contribution >= 4 is 66.7 Å². The van der Waals surface area contributed by atoms with Gasteiger partial charge in [0.15, 0.2) is 0 Å². The predicted octanol–water partition coefficient (Wildman–Crippen LogP) is 4.86. The minimum Gasteiger partial charge on any atom is -0.354 e. The van der Waals surface area contributed by atoms with Crippen LogP contribution in [-0.4, -0.2) is 50.5 Å². The monoisotopic (exact) mass is 591 g/mol. The quantitative estimate of drug-likeness (QED) is 0.404. The number of sulfonamides is 1. The molecule has 2 amide bonds. The van der Waals surface area contributed by atoms with Crippen LogP contribution >= 0.6 is 39.1 Å². The van der Waals surface area contributed by atoms with E-state index in [9.17, 15) is 18.0 Å². The molecule has 0 saturated carbocycles. The lowest BCUT2D eigenvalue weighted by Crippen LogP contribution is -2.52. The Kier molecular flexibility index (Phi) is 10.7. The first-order chi connectivity index (χ1) is 16.0. The average Bonchev–Trinajstić information content (AvgIpc) is 2.76. The van der Waals surface area contributed by atoms with Gasteiger partial charge in [-0.1, -0.05) is 65.1 Å². The van der Waals surface area contributed by atoms with E-state index in [2.05, 4.69) is 21.2 Å². The zero-order chi connectivity index (χ0) is 25.5. The van der Waals surface area contributed by atoms with E-state index in [0.29, 0.717) is 38.7 Å². The first-order valence-electron chi connectivity index (χ1n) is 10.7. The normalized spacial score (nSPS) is 12.2. The summed E-state index contributed by atoms with van der Waals surface area (Å²) in [4.78, 5) is 27.9. The first kappa shape index (κ1) is 28.4. The molecule has 1 atom stereocenters. The molecule has 34 heavy (non-hydrogen) atoms. The van der Waals surface area contributed by atoms with Gasteiger partial charge in [0.25, 0.3) is 0 Å². The van der Waals surface area contributed by atoms with Crippen LogP contribution in [0.2, 0.25) is 10.0 Å². The van der Waals surface area contributed by atoms with Crippen molar-refractivity contribution in [1.29, 1.82) is 0 Å². The molecule has 1 N–H and O–H groups in total. The number of carbonyl (C=O) groups is 2. The van der Waals surface area contributed by atoms with Crippen molar-refractivity contribution in [2.75, 3.05) is 23.7 Å². The second kappa shape index (κ2) is 12.8. The molecule has 0 aliphatic heterocycles. The zero-order valence-corrected chi connectivity index (χ0v) is 23.1. The Morgan fingerprint density at radius 1 is 1.12 bits per heavy atom. The van der Waals surface area contributed by atoms with Gasteiger partial charge in [0.2, 0.25) is 21.8 Å². The summed E-state index contributed by atoms with van der Waals surface area (Å²) in [7, 11) is -3.80. The van der Waals surface area contributed by atoms with Crippen molar-refractivity contribution in [3.8, 4) is 0 Å². The SMILES string of the molecule is CCCNC(=O)[C@@H](CC)N(Cc1ccc(Cl)cc1Cl)C(=O)CN(c1cccc(Br)c1)S(C)(=O)=O. The molecule has 11 heteroatoms. The summed E-state index contributed by atoms with van der Waals surface area (Å²) in [6.07, 6.45) is 2.11. The largest absolute Gasteiger partial charge is 0.354 e.